The van der Waals surface area contributed by atoms with Gasteiger partial charge >= 0.3 is 0 Å². The zero-order valence-corrected chi connectivity index (χ0v) is 12.9. The SMILES string of the molecule is CCCCN(C(=O)c1cncc(Br)c1)C(C)CC. The van der Waals surface area contributed by atoms with Gasteiger partial charge in [-0.3, -0.25) is 9.78 Å². The molecule has 1 amide bonds. The van der Waals surface area contributed by atoms with Crippen LogP contribution in [0.25, 0.3) is 0 Å². The minimum atomic E-state index is 0.0756. The van der Waals surface area contributed by atoms with E-state index in [1.54, 1.807) is 12.4 Å². The number of carbonyl (C=O) groups is 1. The molecule has 0 radical (unpaired) electrons. The molecule has 1 rings (SSSR count). The van der Waals surface area contributed by atoms with E-state index >= 15 is 0 Å². The van der Waals surface area contributed by atoms with Crippen LogP contribution >= 0.6 is 15.9 Å². The summed E-state index contributed by atoms with van der Waals surface area (Å²) in [5, 5.41) is 0. The Morgan fingerprint density at radius 2 is 2.17 bits per heavy atom. The van der Waals surface area contributed by atoms with Crippen LogP contribution in [-0.4, -0.2) is 28.4 Å². The normalized spacial score (nSPS) is 12.2. The highest BCUT2D eigenvalue weighted by Gasteiger charge is 2.20. The molecule has 1 aromatic rings. The van der Waals surface area contributed by atoms with Crippen LogP contribution in [0, 0.1) is 0 Å². The standard InChI is InChI=1S/C14H21BrN2O/c1-4-6-7-17(11(3)5-2)14(18)12-8-13(15)10-16-9-12/h8-11H,4-7H2,1-3H3. The van der Waals surface area contributed by atoms with Gasteiger partial charge in [0.15, 0.2) is 0 Å². The fourth-order valence-corrected chi connectivity index (χ4v) is 2.13. The maximum Gasteiger partial charge on any atom is 0.255 e. The van der Waals surface area contributed by atoms with Crippen molar-refractivity contribution in [2.75, 3.05) is 6.54 Å². The van der Waals surface area contributed by atoms with Crippen LogP contribution in [0.2, 0.25) is 0 Å². The fraction of sp³-hybridized carbons (Fsp3) is 0.571. The van der Waals surface area contributed by atoms with Gasteiger partial charge in [0.1, 0.15) is 0 Å². The number of amides is 1. The predicted molar refractivity (Wildman–Crippen MR) is 77.6 cm³/mol. The number of carbonyl (C=O) groups excluding carboxylic acids is 1. The van der Waals surface area contributed by atoms with Crippen molar-refractivity contribution in [1.29, 1.82) is 0 Å². The van der Waals surface area contributed by atoms with Gasteiger partial charge in [0.25, 0.3) is 5.91 Å². The first kappa shape index (κ1) is 15.2. The summed E-state index contributed by atoms with van der Waals surface area (Å²) in [6.45, 7) is 7.16. The van der Waals surface area contributed by atoms with E-state index in [1.165, 1.54) is 0 Å². The number of unbranched alkanes of at least 4 members (excludes halogenated alkanes) is 1. The molecule has 1 unspecified atom stereocenters. The minimum Gasteiger partial charge on any atom is -0.336 e. The van der Waals surface area contributed by atoms with E-state index in [9.17, 15) is 4.79 Å². The molecular weight excluding hydrogens is 292 g/mol. The zero-order valence-electron chi connectivity index (χ0n) is 11.3. The summed E-state index contributed by atoms with van der Waals surface area (Å²) < 4.78 is 0.841. The predicted octanol–water partition coefficient (Wildman–Crippen LogP) is 3.88. The van der Waals surface area contributed by atoms with Gasteiger partial charge in [0, 0.05) is 29.5 Å². The summed E-state index contributed by atoms with van der Waals surface area (Å²) in [6, 6.07) is 2.10. The largest absolute Gasteiger partial charge is 0.336 e. The van der Waals surface area contributed by atoms with Gasteiger partial charge in [0.2, 0.25) is 0 Å². The molecule has 1 aromatic heterocycles. The average Bonchev–Trinajstić information content (AvgIpc) is 2.38. The number of aromatic nitrogens is 1. The Bertz CT molecular complexity index is 395. The Kier molecular flexibility index (Phi) is 6.33. The quantitative estimate of drug-likeness (QED) is 0.798. The lowest BCUT2D eigenvalue weighted by Crippen LogP contribution is -2.39. The lowest BCUT2D eigenvalue weighted by atomic mass is 10.1. The first-order valence-electron chi connectivity index (χ1n) is 6.51. The number of hydrogen-bond acceptors (Lipinski definition) is 2. The molecule has 1 atom stereocenters. The molecule has 4 heteroatoms. The maximum absolute atomic E-state index is 12.5. The Labute approximate surface area is 118 Å². The van der Waals surface area contributed by atoms with E-state index < -0.39 is 0 Å². The van der Waals surface area contributed by atoms with Crippen molar-refractivity contribution in [1.82, 2.24) is 9.88 Å². The van der Waals surface area contributed by atoms with Crippen molar-refractivity contribution in [3.05, 3.63) is 28.5 Å². The van der Waals surface area contributed by atoms with Crippen LogP contribution in [0.15, 0.2) is 22.9 Å². The minimum absolute atomic E-state index is 0.0756. The Morgan fingerprint density at radius 1 is 1.44 bits per heavy atom. The fourth-order valence-electron chi connectivity index (χ4n) is 1.77. The summed E-state index contributed by atoms with van der Waals surface area (Å²) in [6.07, 6.45) is 6.43. The third-order valence-electron chi connectivity index (χ3n) is 3.09. The molecule has 0 saturated heterocycles. The number of halogens is 1. The van der Waals surface area contributed by atoms with Gasteiger partial charge in [0.05, 0.1) is 5.56 Å². The average molecular weight is 313 g/mol. The van der Waals surface area contributed by atoms with Gasteiger partial charge in [-0.15, -0.1) is 0 Å². The molecule has 1 heterocycles. The van der Waals surface area contributed by atoms with Crippen molar-refractivity contribution < 1.29 is 4.79 Å². The van der Waals surface area contributed by atoms with Crippen molar-refractivity contribution in [2.45, 2.75) is 46.1 Å². The summed E-state index contributed by atoms with van der Waals surface area (Å²) in [5.41, 5.74) is 0.653. The number of pyridine rings is 1. The highest BCUT2D eigenvalue weighted by atomic mass is 79.9. The number of rotatable bonds is 6. The first-order chi connectivity index (χ1) is 8.60. The van der Waals surface area contributed by atoms with Gasteiger partial charge in [-0.05, 0) is 41.8 Å². The van der Waals surface area contributed by atoms with Gasteiger partial charge in [-0.2, -0.15) is 0 Å². The first-order valence-corrected chi connectivity index (χ1v) is 7.31. The maximum atomic E-state index is 12.5. The second kappa shape index (κ2) is 7.52. The lowest BCUT2D eigenvalue weighted by molar-refractivity contribution is 0.0685. The molecule has 0 saturated carbocycles. The highest BCUT2D eigenvalue weighted by molar-refractivity contribution is 9.10. The lowest BCUT2D eigenvalue weighted by Gasteiger charge is -2.28. The molecule has 18 heavy (non-hydrogen) atoms. The highest BCUT2D eigenvalue weighted by Crippen LogP contribution is 2.15. The van der Waals surface area contributed by atoms with E-state index in [0.29, 0.717) is 5.56 Å². The van der Waals surface area contributed by atoms with Crippen LogP contribution in [-0.2, 0) is 0 Å². The number of hydrogen-bond donors (Lipinski definition) is 0. The van der Waals surface area contributed by atoms with Gasteiger partial charge in [-0.25, -0.2) is 0 Å². The third kappa shape index (κ3) is 4.09. The van der Waals surface area contributed by atoms with Crippen molar-refractivity contribution in [3.8, 4) is 0 Å². The van der Waals surface area contributed by atoms with E-state index in [2.05, 4.69) is 41.7 Å². The van der Waals surface area contributed by atoms with E-state index in [1.807, 2.05) is 11.0 Å². The monoisotopic (exact) mass is 312 g/mol. The molecule has 0 N–H and O–H groups in total. The molecule has 0 bridgehead atoms. The van der Waals surface area contributed by atoms with Crippen molar-refractivity contribution in [3.63, 3.8) is 0 Å². The Hall–Kier alpha value is -0.900. The van der Waals surface area contributed by atoms with Crippen LogP contribution in [0.1, 0.15) is 50.4 Å². The van der Waals surface area contributed by atoms with Gasteiger partial charge in [-0.1, -0.05) is 20.3 Å². The molecule has 0 aliphatic rings. The van der Waals surface area contributed by atoms with Crippen LogP contribution in [0.5, 0.6) is 0 Å². The second-order valence-corrected chi connectivity index (χ2v) is 5.42. The molecule has 0 aromatic carbocycles. The van der Waals surface area contributed by atoms with Crippen molar-refractivity contribution >= 4 is 21.8 Å². The van der Waals surface area contributed by atoms with Gasteiger partial charge < -0.3 is 4.90 Å². The molecule has 100 valence electrons. The summed E-state index contributed by atoms with van der Waals surface area (Å²) in [5.74, 6) is 0.0756. The Balaban J connectivity index is 2.87. The Morgan fingerprint density at radius 3 is 2.72 bits per heavy atom. The van der Waals surface area contributed by atoms with E-state index in [4.69, 9.17) is 0 Å². The molecular formula is C14H21BrN2O. The van der Waals surface area contributed by atoms with Crippen LogP contribution < -0.4 is 0 Å². The van der Waals surface area contributed by atoms with E-state index in [0.717, 1.165) is 30.3 Å². The smallest absolute Gasteiger partial charge is 0.255 e. The molecule has 0 fully saturated rings. The third-order valence-corrected chi connectivity index (χ3v) is 3.52. The summed E-state index contributed by atoms with van der Waals surface area (Å²) >= 11 is 3.35. The topological polar surface area (TPSA) is 33.2 Å². The van der Waals surface area contributed by atoms with Crippen molar-refractivity contribution in [2.24, 2.45) is 0 Å². The zero-order chi connectivity index (χ0) is 13.5. The molecule has 0 aliphatic carbocycles. The van der Waals surface area contributed by atoms with E-state index in [-0.39, 0.29) is 11.9 Å². The molecule has 3 nitrogen and oxygen atoms in total. The summed E-state index contributed by atoms with van der Waals surface area (Å²) in [4.78, 5) is 18.5. The molecule has 0 spiro atoms. The number of nitrogens with zero attached hydrogens (tertiary/aromatic N) is 2. The van der Waals surface area contributed by atoms with Crippen LogP contribution in [0.4, 0.5) is 0 Å². The second-order valence-electron chi connectivity index (χ2n) is 4.50. The summed E-state index contributed by atoms with van der Waals surface area (Å²) in [7, 11) is 0. The van der Waals surface area contributed by atoms with Crippen LogP contribution in [0.3, 0.4) is 0 Å². The molecule has 0 aliphatic heterocycles.